The van der Waals surface area contributed by atoms with Crippen molar-refractivity contribution in [3.05, 3.63) is 97.1 Å². The molecule has 7 heteroatoms. The summed E-state index contributed by atoms with van der Waals surface area (Å²) in [5, 5.41) is 35.2. The molecule has 4 aromatic carbocycles. The summed E-state index contributed by atoms with van der Waals surface area (Å²) >= 11 is 0. The summed E-state index contributed by atoms with van der Waals surface area (Å²) in [4.78, 5) is 0. The average molecular weight is 410 g/mol. The summed E-state index contributed by atoms with van der Waals surface area (Å²) in [5.41, 5.74) is 2.68. The molecular formula is C24H18N4O3. The van der Waals surface area contributed by atoms with Crippen LogP contribution in [0, 0.1) is 0 Å². The van der Waals surface area contributed by atoms with E-state index in [4.69, 9.17) is 4.74 Å². The molecule has 0 heterocycles. The number of hydrogen-bond donors (Lipinski definition) is 2. The van der Waals surface area contributed by atoms with Crippen LogP contribution in [0.3, 0.4) is 0 Å². The molecule has 31 heavy (non-hydrogen) atoms. The molecule has 0 saturated heterocycles. The van der Waals surface area contributed by atoms with Crippen molar-refractivity contribution >= 4 is 22.7 Å². The Balaban J connectivity index is 1.35. The van der Waals surface area contributed by atoms with Crippen molar-refractivity contribution in [2.24, 2.45) is 20.5 Å². The molecule has 0 radical (unpaired) electrons. The topological polar surface area (TPSA) is 99.1 Å². The largest absolute Gasteiger partial charge is 0.508 e. The van der Waals surface area contributed by atoms with E-state index in [9.17, 15) is 10.2 Å². The molecule has 2 N–H and O–H groups in total. The second-order valence-corrected chi connectivity index (χ2v) is 6.52. The van der Waals surface area contributed by atoms with Crippen molar-refractivity contribution in [1.82, 2.24) is 0 Å². The number of ether oxygens (including phenoxy) is 1. The third-order valence-corrected chi connectivity index (χ3v) is 4.17. The van der Waals surface area contributed by atoms with Gasteiger partial charge in [0.15, 0.2) is 0 Å². The predicted molar refractivity (Wildman–Crippen MR) is 118 cm³/mol. The van der Waals surface area contributed by atoms with Crippen molar-refractivity contribution in [2.75, 3.05) is 0 Å². The molecule has 0 aliphatic heterocycles. The summed E-state index contributed by atoms with van der Waals surface area (Å²) in [6.07, 6.45) is 0. The van der Waals surface area contributed by atoms with Gasteiger partial charge in [0.2, 0.25) is 0 Å². The van der Waals surface area contributed by atoms with Crippen LogP contribution in [-0.2, 0) is 0 Å². The fourth-order valence-corrected chi connectivity index (χ4v) is 2.57. The summed E-state index contributed by atoms with van der Waals surface area (Å²) < 4.78 is 5.84. The Bertz CT molecular complexity index is 1090. The van der Waals surface area contributed by atoms with E-state index in [1.54, 1.807) is 72.8 Å². The second kappa shape index (κ2) is 9.32. The van der Waals surface area contributed by atoms with Gasteiger partial charge in [-0.3, -0.25) is 0 Å². The van der Waals surface area contributed by atoms with Crippen LogP contribution in [0.5, 0.6) is 23.0 Å². The molecule has 0 saturated carbocycles. The van der Waals surface area contributed by atoms with Crippen LogP contribution >= 0.6 is 0 Å². The monoisotopic (exact) mass is 410 g/mol. The van der Waals surface area contributed by atoms with Gasteiger partial charge in [0, 0.05) is 0 Å². The van der Waals surface area contributed by atoms with Gasteiger partial charge in [-0.2, -0.15) is 20.5 Å². The number of phenolic OH excluding ortho intramolecular Hbond substituents is 2. The number of aromatic hydroxyl groups is 2. The van der Waals surface area contributed by atoms with Gasteiger partial charge < -0.3 is 14.9 Å². The first-order chi connectivity index (χ1) is 15.1. The van der Waals surface area contributed by atoms with Gasteiger partial charge in [-0.15, -0.1) is 0 Å². The molecule has 0 aliphatic carbocycles. The van der Waals surface area contributed by atoms with Gasteiger partial charge in [0.1, 0.15) is 23.0 Å². The first-order valence-corrected chi connectivity index (χ1v) is 9.44. The molecule has 0 fully saturated rings. The Labute approximate surface area is 178 Å². The standard InChI is InChI=1S/C24H18N4O3/c29-21-9-1-17(2-10-21)25-27-19-5-13-23(14-6-19)31-24-15-7-20(8-16-24)28-26-18-3-11-22(30)12-4-18/h1-16,29-30H. The zero-order valence-corrected chi connectivity index (χ0v) is 16.3. The van der Waals surface area contributed by atoms with Crippen LogP contribution in [0.1, 0.15) is 0 Å². The lowest BCUT2D eigenvalue weighted by Crippen LogP contribution is -1.82. The highest BCUT2D eigenvalue weighted by molar-refractivity contribution is 5.47. The number of phenols is 2. The molecule has 152 valence electrons. The van der Waals surface area contributed by atoms with E-state index < -0.39 is 0 Å². The maximum absolute atomic E-state index is 9.29. The Hall–Kier alpha value is -4.52. The minimum absolute atomic E-state index is 0.189. The van der Waals surface area contributed by atoms with Crippen LogP contribution in [0.25, 0.3) is 0 Å². The van der Waals surface area contributed by atoms with Crippen molar-refractivity contribution in [1.29, 1.82) is 0 Å². The molecule has 0 amide bonds. The first-order valence-electron chi connectivity index (χ1n) is 9.44. The van der Waals surface area contributed by atoms with Gasteiger partial charge in [-0.1, -0.05) is 0 Å². The van der Waals surface area contributed by atoms with E-state index in [0.717, 1.165) is 0 Å². The summed E-state index contributed by atoms with van der Waals surface area (Å²) in [6, 6.07) is 27.4. The molecule has 0 atom stereocenters. The highest BCUT2D eigenvalue weighted by Crippen LogP contribution is 2.28. The van der Waals surface area contributed by atoms with Crippen molar-refractivity contribution in [2.45, 2.75) is 0 Å². The molecule has 0 aromatic heterocycles. The van der Waals surface area contributed by atoms with E-state index in [1.165, 1.54) is 0 Å². The van der Waals surface area contributed by atoms with E-state index in [2.05, 4.69) is 20.5 Å². The molecule has 4 rings (SSSR count). The third-order valence-electron chi connectivity index (χ3n) is 4.17. The van der Waals surface area contributed by atoms with Crippen LogP contribution in [0.4, 0.5) is 22.7 Å². The van der Waals surface area contributed by atoms with Crippen LogP contribution < -0.4 is 4.74 Å². The van der Waals surface area contributed by atoms with E-state index in [1.807, 2.05) is 24.3 Å². The molecular weight excluding hydrogens is 392 g/mol. The zero-order valence-electron chi connectivity index (χ0n) is 16.3. The first kappa shape index (κ1) is 19.8. The lowest BCUT2D eigenvalue weighted by Gasteiger charge is -2.05. The number of benzene rings is 4. The van der Waals surface area contributed by atoms with Crippen molar-refractivity contribution < 1.29 is 14.9 Å². The lowest BCUT2D eigenvalue weighted by molar-refractivity contribution is 0.475. The Kier molecular flexibility index (Phi) is 5.95. The van der Waals surface area contributed by atoms with E-state index >= 15 is 0 Å². The normalized spacial score (nSPS) is 11.2. The van der Waals surface area contributed by atoms with Crippen molar-refractivity contribution in [3.63, 3.8) is 0 Å². The van der Waals surface area contributed by atoms with E-state index in [0.29, 0.717) is 34.2 Å². The molecule has 4 aromatic rings. The van der Waals surface area contributed by atoms with Gasteiger partial charge in [0.05, 0.1) is 22.7 Å². The van der Waals surface area contributed by atoms with Crippen LogP contribution in [-0.4, -0.2) is 10.2 Å². The van der Waals surface area contributed by atoms with Crippen LogP contribution in [0.2, 0.25) is 0 Å². The SMILES string of the molecule is Oc1ccc(N=Nc2ccc(Oc3ccc(N=Nc4ccc(O)cc4)cc3)cc2)cc1. The molecule has 0 unspecified atom stereocenters. The van der Waals surface area contributed by atoms with Gasteiger partial charge in [0.25, 0.3) is 0 Å². The zero-order chi connectivity index (χ0) is 21.5. The minimum Gasteiger partial charge on any atom is -0.508 e. The lowest BCUT2D eigenvalue weighted by atomic mass is 10.3. The molecule has 0 aliphatic rings. The maximum atomic E-state index is 9.29. The number of azo groups is 2. The highest BCUT2D eigenvalue weighted by Gasteiger charge is 1.99. The number of rotatable bonds is 6. The van der Waals surface area contributed by atoms with Crippen LogP contribution in [0.15, 0.2) is 118 Å². The molecule has 0 bridgehead atoms. The van der Waals surface area contributed by atoms with Gasteiger partial charge >= 0.3 is 0 Å². The molecule has 7 nitrogen and oxygen atoms in total. The van der Waals surface area contributed by atoms with Gasteiger partial charge in [-0.05, 0) is 97.1 Å². The maximum Gasteiger partial charge on any atom is 0.127 e. The van der Waals surface area contributed by atoms with Crippen molar-refractivity contribution in [3.8, 4) is 23.0 Å². The summed E-state index contributed by atoms with van der Waals surface area (Å²) in [7, 11) is 0. The highest BCUT2D eigenvalue weighted by atomic mass is 16.5. The summed E-state index contributed by atoms with van der Waals surface area (Å²) in [6.45, 7) is 0. The second-order valence-electron chi connectivity index (χ2n) is 6.52. The Morgan fingerprint density at radius 2 is 0.645 bits per heavy atom. The fraction of sp³-hybridized carbons (Fsp3) is 0. The predicted octanol–water partition coefficient (Wildman–Crippen LogP) is 7.72. The third kappa shape index (κ3) is 5.74. The van der Waals surface area contributed by atoms with Gasteiger partial charge in [-0.25, -0.2) is 0 Å². The molecule has 0 spiro atoms. The Morgan fingerprint density at radius 1 is 0.387 bits per heavy atom. The Morgan fingerprint density at radius 3 is 0.935 bits per heavy atom. The minimum atomic E-state index is 0.189. The quantitative estimate of drug-likeness (QED) is 0.318. The number of nitrogens with zero attached hydrogens (tertiary/aromatic N) is 4. The smallest absolute Gasteiger partial charge is 0.127 e. The average Bonchev–Trinajstić information content (AvgIpc) is 2.80. The fourth-order valence-electron chi connectivity index (χ4n) is 2.57. The number of hydrogen-bond acceptors (Lipinski definition) is 7. The van der Waals surface area contributed by atoms with E-state index in [-0.39, 0.29) is 11.5 Å². The summed E-state index contributed by atoms with van der Waals surface area (Å²) in [5.74, 6) is 1.71.